The molecule has 2 heterocycles. The lowest BCUT2D eigenvalue weighted by Crippen LogP contribution is -2.66. The van der Waals surface area contributed by atoms with Crippen molar-refractivity contribution < 1.29 is 9.68 Å². The van der Waals surface area contributed by atoms with Crippen molar-refractivity contribution >= 4 is 11.5 Å². The van der Waals surface area contributed by atoms with Crippen LogP contribution in [0.5, 0.6) is 0 Å². The first-order chi connectivity index (χ1) is 13.6. The fraction of sp³-hybridized carbons (Fsp3) is 0.391. The molecule has 2 saturated heterocycles. The number of rotatable bonds is 3. The molecular formula is C23H28N4O+2. The van der Waals surface area contributed by atoms with Gasteiger partial charge in [-0.25, -0.2) is 0 Å². The Labute approximate surface area is 166 Å². The van der Waals surface area contributed by atoms with Crippen molar-refractivity contribution in [3.63, 3.8) is 0 Å². The van der Waals surface area contributed by atoms with Crippen molar-refractivity contribution in [1.82, 2.24) is 9.60 Å². The van der Waals surface area contributed by atoms with Gasteiger partial charge >= 0.3 is 12.0 Å². The molecule has 2 fully saturated rings. The van der Waals surface area contributed by atoms with E-state index < -0.39 is 0 Å². The molecule has 28 heavy (non-hydrogen) atoms. The molecule has 1 N–H and O–H groups in total. The van der Waals surface area contributed by atoms with E-state index in [0.717, 1.165) is 51.2 Å². The lowest BCUT2D eigenvalue weighted by atomic mass is 10.0. The van der Waals surface area contributed by atoms with E-state index in [0.29, 0.717) is 4.59 Å². The molecule has 2 aromatic rings. The zero-order valence-corrected chi connectivity index (χ0v) is 16.5. The van der Waals surface area contributed by atoms with Crippen LogP contribution in [0.4, 0.5) is 5.69 Å². The van der Waals surface area contributed by atoms with Crippen molar-refractivity contribution in [2.45, 2.75) is 31.8 Å². The summed E-state index contributed by atoms with van der Waals surface area (Å²) in [5, 5.41) is 22.0. The van der Waals surface area contributed by atoms with Gasteiger partial charge in [0, 0.05) is 18.6 Å². The Balaban J connectivity index is 1.77. The van der Waals surface area contributed by atoms with Crippen molar-refractivity contribution in [3.05, 3.63) is 54.6 Å². The van der Waals surface area contributed by atoms with E-state index in [1.165, 1.54) is 16.8 Å². The van der Waals surface area contributed by atoms with Crippen LogP contribution in [0.25, 0.3) is 11.1 Å². The zero-order chi connectivity index (χ0) is 19.6. The summed E-state index contributed by atoms with van der Waals surface area (Å²) in [7, 11) is 1.87. The van der Waals surface area contributed by atoms with Gasteiger partial charge in [0.2, 0.25) is 0 Å². The monoisotopic (exact) mass is 376 g/mol. The summed E-state index contributed by atoms with van der Waals surface area (Å²) in [6.45, 7) is 2.64. The second-order valence-electron chi connectivity index (χ2n) is 7.77. The summed E-state index contributed by atoms with van der Waals surface area (Å²) in [6, 6.07) is 19.2. The highest BCUT2D eigenvalue weighted by atomic mass is 16.3. The maximum atomic E-state index is 10.0. The second kappa shape index (κ2) is 7.84. The summed E-state index contributed by atoms with van der Waals surface area (Å²) in [5.41, 5.74) is 3.61. The topological polar surface area (TPSA) is 50.3 Å². The number of piperidine rings is 1. The van der Waals surface area contributed by atoms with E-state index in [-0.39, 0.29) is 6.10 Å². The first-order valence-electron chi connectivity index (χ1n) is 10.1. The van der Waals surface area contributed by atoms with Crippen molar-refractivity contribution in [2.75, 3.05) is 26.7 Å². The number of benzene rings is 2. The minimum absolute atomic E-state index is 0.212. The Kier molecular flexibility index (Phi) is 5.27. The number of aliphatic hydroxyl groups is 1. The van der Waals surface area contributed by atoms with Crippen LogP contribution in [0, 0.1) is 11.5 Å². The third-order valence-electron chi connectivity index (χ3n) is 6.17. The smallest absolute Gasteiger partial charge is 0.393 e. The SMILES string of the molecule is C[N+](C#N)=C1CCC[N+]1(c1ccc(-c2ccccc2)cc1)N1CCC(O)CC1. The molecule has 1 unspecified atom stereocenters. The van der Waals surface area contributed by atoms with Crippen molar-refractivity contribution in [3.8, 4) is 17.3 Å². The van der Waals surface area contributed by atoms with E-state index in [4.69, 9.17) is 0 Å². The predicted octanol–water partition coefficient (Wildman–Crippen LogP) is 3.35. The Hall–Kier alpha value is -2.52. The van der Waals surface area contributed by atoms with E-state index in [9.17, 15) is 10.4 Å². The molecule has 144 valence electrons. The molecule has 0 spiro atoms. The highest BCUT2D eigenvalue weighted by Gasteiger charge is 2.51. The first kappa shape index (κ1) is 18.8. The molecule has 4 rings (SSSR count). The van der Waals surface area contributed by atoms with Crippen LogP contribution in [0.3, 0.4) is 0 Å². The largest absolute Gasteiger partial charge is 0.463 e. The van der Waals surface area contributed by atoms with Gasteiger partial charge in [-0.05, 0) is 36.1 Å². The fourth-order valence-electron chi connectivity index (χ4n) is 4.72. The lowest BCUT2D eigenvalue weighted by molar-refractivity contribution is -0.412. The molecule has 1 atom stereocenters. The first-order valence-corrected chi connectivity index (χ1v) is 10.1. The molecule has 0 saturated carbocycles. The number of nitriles is 1. The van der Waals surface area contributed by atoms with Gasteiger partial charge in [-0.3, -0.25) is 0 Å². The van der Waals surface area contributed by atoms with E-state index in [2.05, 4.69) is 59.7 Å². The Morgan fingerprint density at radius 2 is 1.68 bits per heavy atom. The molecule has 5 heteroatoms. The molecule has 0 bridgehead atoms. The van der Waals surface area contributed by atoms with Crippen molar-refractivity contribution in [1.29, 1.82) is 5.26 Å². The highest BCUT2D eigenvalue weighted by Crippen LogP contribution is 2.36. The average Bonchev–Trinajstić information content (AvgIpc) is 3.20. The summed E-state index contributed by atoms with van der Waals surface area (Å²) in [4.78, 5) is 0. The lowest BCUT2D eigenvalue weighted by Gasteiger charge is -2.43. The Morgan fingerprint density at radius 1 is 1.04 bits per heavy atom. The van der Waals surface area contributed by atoms with E-state index >= 15 is 0 Å². The molecule has 0 aromatic heterocycles. The maximum Gasteiger partial charge on any atom is 0.463 e. The van der Waals surface area contributed by atoms with Crippen LogP contribution in [0.1, 0.15) is 25.7 Å². The Bertz CT molecular complexity index is 892. The summed E-state index contributed by atoms with van der Waals surface area (Å²) in [5.74, 6) is 1.13. The van der Waals surface area contributed by atoms with Crippen LogP contribution in [-0.4, -0.2) is 53.3 Å². The quantitative estimate of drug-likeness (QED) is 0.387. The zero-order valence-electron chi connectivity index (χ0n) is 16.5. The van der Waals surface area contributed by atoms with E-state index in [1.807, 2.05) is 13.1 Å². The molecule has 5 nitrogen and oxygen atoms in total. The summed E-state index contributed by atoms with van der Waals surface area (Å²) in [6.07, 6.45) is 5.65. The normalized spacial score (nSPS) is 25.5. The molecule has 2 aromatic carbocycles. The fourth-order valence-corrected chi connectivity index (χ4v) is 4.72. The summed E-state index contributed by atoms with van der Waals surface area (Å²) < 4.78 is 2.36. The number of amidine groups is 1. The number of aliphatic hydroxyl groups excluding tert-OH is 1. The van der Waals surface area contributed by atoms with Gasteiger partial charge < -0.3 is 5.11 Å². The van der Waals surface area contributed by atoms with Gasteiger partial charge in [-0.15, -0.1) is 14.2 Å². The second-order valence-corrected chi connectivity index (χ2v) is 7.77. The minimum atomic E-state index is -0.212. The van der Waals surface area contributed by atoms with Gasteiger partial charge in [0.15, 0.2) is 10.9 Å². The van der Waals surface area contributed by atoms with Crippen LogP contribution in [0.2, 0.25) is 0 Å². The van der Waals surface area contributed by atoms with Gasteiger partial charge in [-0.2, -0.15) is 0 Å². The van der Waals surface area contributed by atoms with Crippen LogP contribution in [0.15, 0.2) is 54.6 Å². The minimum Gasteiger partial charge on any atom is -0.393 e. The molecule has 2 aliphatic rings. The predicted molar refractivity (Wildman–Crippen MR) is 111 cm³/mol. The van der Waals surface area contributed by atoms with Crippen LogP contribution < -0.4 is 4.59 Å². The Morgan fingerprint density at radius 3 is 2.32 bits per heavy atom. The van der Waals surface area contributed by atoms with E-state index in [1.54, 1.807) is 4.58 Å². The van der Waals surface area contributed by atoms with Crippen molar-refractivity contribution in [2.24, 2.45) is 0 Å². The standard InChI is InChI=1S/C23H28N4O/c1-25(18-24)23-8-5-17-27(23,26-15-13-22(28)14-16-26)21-11-9-20(10-12-21)19-6-3-2-4-7-19/h2-4,6-7,9-12,22,28H,5,8,13-17H2,1H3/q+2. The number of hydrogen-bond donors (Lipinski definition) is 1. The molecule has 0 aliphatic carbocycles. The van der Waals surface area contributed by atoms with Gasteiger partial charge in [0.05, 0.1) is 32.7 Å². The molecular weight excluding hydrogens is 348 g/mol. The van der Waals surface area contributed by atoms with Gasteiger partial charge in [0.1, 0.15) is 6.54 Å². The number of quaternary nitrogens is 1. The number of nitrogens with zero attached hydrogens (tertiary/aromatic N) is 4. The van der Waals surface area contributed by atoms with Crippen LogP contribution >= 0.6 is 0 Å². The average molecular weight is 377 g/mol. The molecule has 2 aliphatic heterocycles. The molecule has 0 amide bonds. The third-order valence-corrected chi connectivity index (χ3v) is 6.17. The van der Waals surface area contributed by atoms with Gasteiger partial charge in [-0.1, -0.05) is 30.3 Å². The molecule has 0 radical (unpaired) electrons. The maximum absolute atomic E-state index is 10.0. The summed E-state index contributed by atoms with van der Waals surface area (Å²) >= 11 is 0. The van der Waals surface area contributed by atoms with Crippen LogP contribution in [-0.2, 0) is 0 Å². The van der Waals surface area contributed by atoms with Gasteiger partial charge in [0.25, 0.3) is 0 Å². The number of hydrogen-bond acceptors (Lipinski definition) is 3. The highest BCUT2D eigenvalue weighted by molar-refractivity contribution is 5.91. The third kappa shape index (κ3) is 3.24.